The molecule has 0 saturated carbocycles. The van der Waals surface area contributed by atoms with Crippen molar-refractivity contribution in [3.8, 4) is 0 Å². The van der Waals surface area contributed by atoms with Crippen molar-refractivity contribution in [3.63, 3.8) is 0 Å². The molecule has 0 spiro atoms. The molecule has 5 N–H and O–H groups in total. The summed E-state index contributed by atoms with van der Waals surface area (Å²) in [4.78, 5) is 55.6. The van der Waals surface area contributed by atoms with E-state index in [1.54, 1.807) is 31.2 Å². The van der Waals surface area contributed by atoms with Crippen molar-refractivity contribution < 1.29 is 33.9 Å². The fraction of sp³-hybridized carbons (Fsp3) is 0.485. The summed E-state index contributed by atoms with van der Waals surface area (Å²) in [5, 5.41) is 18.8. The van der Waals surface area contributed by atoms with Gasteiger partial charge in [-0.1, -0.05) is 92.9 Å². The normalized spacial score (nSPS) is 17.9. The number of carbonyl (C=O) groups excluding carboxylic acids is 3. The molecule has 0 aliphatic carbocycles. The van der Waals surface area contributed by atoms with Gasteiger partial charge in [-0.05, 0) is 49.1 Å². The van der Waals surface area contributed by atoms with Gasteiger partial charge in [-0.15, -0.1) is 0 Å². The van der Waals surface area contributed by atoms with Gasteiger partial charge < -0.3 is 26.2 Å². The number of amidine groups is 1. The van der Waals surface area contributed by atoms with Gasteiger partial charge in [0.2, 0.25) is 11.8 Å². The maximum atomic E-state index is 13.1. The number of hydrogen-bond acceptors (Lipinski definition) is 7. The number of unbranched alkanes of at least 4 members (excludes halogenated alkanes) is 1. The predicted octanol–water partition coefficient (Wildman–Crippen LogP) is 4.72. The van der Waals surface area contributed by atoms with Crippen LogP contribution in [0.5, 0.6) is 0 Å². The molecular weight excluding hydrogens is 578 g/mol. The minimum absolute atomic E-state index is 0.00971. The predicted molar refractivity (Wildman–Crippen MR) is 169 cm³/mol. The molecule has 1 heterocycles. The number of amides is 3. The highest BCUT2D eigenvalue weighted by molar-refractivity contribution is 5.97. The van der Waals surface area contributed by atoms with Crippen molar-refractivity contribution in [2.45, 2.75) is 83.8 Å². The van der Waals surface area contributed by atoms with Crippen molar-refractivity contribution in [3.05, 3.63) is 71.3 Å². The molecule has 0 bridgehead atoms. The van der Waals surface area contributed by atoms with Crippen molar-refractivity contribution in [2.75, 3.05) is 13.2 Å². The standard InChI is InChI=1S/C33H45N5O7/c1-4-6-10-23(5-2)21-44-33(43)45-37-29(34)26-15-13-24(14-16-26)20-35-30(39)22(3)36-31(40)28-19-27(17-18-38(28)32(41)42)25-11-8-7-9-12-25/h7-9,11-16,22-23,27-28H,4-6,10,17-21H2,1-3H3,(H2,34,37)(H,35,39)(H,36,40)(H,41,42)/t22-,23?,27-,28+/m0/s1. The zero-order valence-corrected chi connectivity index (χ0v) is 26.2. The molecule has 1 unspecified atom stereocenters. The molecule has 1 aliphatic heterocycles. The van der Waals surface area contributed by atoms with Crippen LogP contribution in [0.3, 0.4) is 0 Å². The van der Waals surface area contributed by atoms with Crippen molar-refractivity contribution >= 4 is 29.9 Å². The Morgan fingerprint density at radius 1 is 1.09 bits per heavy atom. The van der Waals surface area contributed by atoms with Crippen molar-refractivity contribution in [2.24, 2.45) is 16.8 Å². The molecular formula is C33H45N5O7. The average Bonchev–Trinajstić information content (AvgIpc) is 3.06. The SMILES string of the molecule is CCCCC(CC)COC(=O)O/N=C(\N)c1ccc(CNC(=O)[C@H](C)NC(=O)[C@H]2C[C@@H](c3ccccc3)CCN2C(=O)O)cc1. The van der Waals surface area contributed by atoms with E-state index in [0.29, 0.717) is 18.4 Å². The number of ether oxygens (including phenoxy) is 1. The van der Waals surface area contributed by atoms with Crippen LogP contribution in [0.2, 0.25) is 0 Å². The number of carbonyl (C=O) groups is 4. The van der Waals surface area contributed by atoms with Crippen LogP contribution in [0.15, 0.2) is 59.8 Å². The topological polar surface area (TPSA) is 173 Å². The number of piperidine rings is 1. The molecule has 12 nitrogen and oxygen atoms in total. The van der Waals surface area contributed by atoms with Gasteiger partial charge in [-0.25, -0.2) is 9.59 Å². The van der Waals surface area contributed by atoms with Gasteiger partial charge in [0.15, 0.2) is 5.84 Å². The third-order valence-corrected chi connectivity index (χ3v) is 8.09. The van der Waals surface area contributed by atoms with Crippen LogP contribution in [-0.4, -0.2) is 65.1 Å². The van der Waals surface area contributed by atoms with Crippen LogP contribution in [0.1, 0.15) is 81.9 Å². The molecule has 0 aromatic heterocycles. The Bertz CT molecular complexity index is 1300. The van der Waals surface area contributed by atoms with Gasteiger partial charge in [0.25, 0.3) is 0 Å². The summed E-state index contributed by atoms with van der Waals surface area (Å²) in [6, 6.07) is 14.7. The molecule has 3 amide bonds. The summed E-state index contributed by atoms with van der Waals surface area (Å²) in [6.07, 6.45) is 2.90. The molecule has 45 heavy (non-hydrogen) atoms. The summed E-state index contributed by atoms with van der Waals surface area (Å²) in [6.45, 7) is 6.39. The molecule has 3 rings (SSSR count). The first-order chi connectivity index (χ1) is 21.6. The van der Waals surface area contributed by atoms with E-state index in [2.05, 4.69) is 22.7 Å². The third kappa shape index (κ3) is 10.8. The first kappa shape index (κ1) is 34.9. The smallest absolute Gasteiger partial charge is 0.465 e. The molecule has 2 aromatic rings. The number of carboxylic acid groups (broad SMARTS) is 1. The molecule has 0 radical (unpaired) electrons. The highest BCUT2D eigenvalue weighted by Crippen LogP contribution is 2.31. The van der Waals surface area contributed by atoms with Gasteiger partial charge >= 0.3 is 12.2 Å². The Morgan fingerprint density at radius 2 is 1.80 bits per heavy atom. The number of rotatable bonds is 14. The third-order valence-electron chi connectivity index (χ3n) is 8.09. The zero-order valence-electron chi connectivity index (χ0n) is 26.2. The molecule has 1 fully saturated rings. The summed E-state index contributed by atoms with van der Waals surface area (Å²) in [5.74, 6) is -0.620. The van der Waals surface area contributed by atoms with Crippen LogP contribution in [0, 0.1) is 5.92 Å². The fourth-order valence-corrected chi connectivity index (χ4v) is 5.23. The Balaban J connectivity index is 1.47. The number of likely N-dealkylation sites (tertiary alicyclic amines) is 1. The number of nitrogens with zero attached hydrogens (tertiary/aromatic N) is 2. The number of benzene rings is 2. The number of nitrogens with one attached hydrogen (secondary N) is 2. The van der Waals surface area contributed by atoms with Crippen molar-refractivity contribution in [1.82, 2.24) is 15.5 Å². The average molecular weight is 624 g/mol. The molecule has 1 aliphatic rings. The fourth-order valence-electron chi connectivity index (χ4n) is 5.23. The second-order valence-electron chi connectivity index (χ2n) is 11.3. The van der Waals surface area contributed by atoms with E-state index in [4.69, 9.17) is 15.3 Å². The van der Waals surface area contributed by atoms with Crippen LogP contribution in [0.25, 0.3) is 0 Å². The van der Waals surface area contributed by atoms with Gasteiger partial charge in [-0.3, -0.25) is 19.3 Å². The zero-order chi connectivity index (χ0) is 32.8. The molecule has 12 heteroatoms. The monoisotopic (exact) mass is 623 g/mol. The largest absolute Gasteiger partial charge is 0.535 e. The van der Waals surface area contributed by atoms with Crippen LogP contribution in [0.4, 0.5) is 9.59 Å². The van der Waals surface area contributed by atoms with Crippen LogP contribution >= 0.6 is 0 Å². The Kier molecular flexibility index (Phi) is 13.7. The second kappa shape index (κ2) is 17.6. The van der Waals surface area contributed by atoms with E-state index < -0.39 is 36.1 Å². The van der Waals surface area contributed by atoms with Gasteiger partial charge in [0.1, 0.15) is 12.1 Å². The second-order valence-corrected chi connectivity index (χ2v) is 11.3. The highest BCUT2D eigenvalue weighted by Gasteiger charge is 2.37. The lowest BCUT2D eigenvalue weighted by atomic mass is 9.85. The first-order valence-electron chi connectivity index (χ1n) is 15.5. The minimum atomic E-state index is -1.16. The van der Waals surface area contributed by atoms with Crippen LogP contribution < -0.4 is 16.4 Å². The number of nitrogens with two attached hydrogens (primary N) is 1. The molecule has 2 aromatic carbocycles. The van der Waals surface area contributed by atoms with Crippen molar-refractivity contribution in [1.29, 1.82) is 0 Å². The summed E-state index contributed by atoms with van der Waals surface area (Å²) in [5.41, 5.74) is 8.27. The first-order valence-corrected chi connectivity index (χ1v) is 15.5. The minimum Gasteiger partial charge on any atom is -0.465 e. The Labute approximate surface area is 264 Å². The molecule has 1 saturated heterocycles. The summed E-state index contributed by atoms with van der Waals surface area (Å²) in [7, 11) is 0. The Hall–Kier alpha value is -4.61. The Morgan fingerprint density at radius 3 is 2.44 bits per heavy atom. The van der Waals surface area contributed by atoms with E-state index in [9.17, 15) is 24.3 Å². The molecule has 4 atom stereocenters. The number of oxime groups is 1. The quantitative estimate of drug-likeness (QED) is 0.0769. The van der Waals surface area contributed by atoms with Gasteiger partial charge in [-0.2, -0.15) is 0 Å². The highest BCUT2D eigenvalue weighted by atomic mass is 16.8. The lowest BCUT2D eigenvalue weighted by molar-refractivity contribution is -0.132. The van der Waals surface area contributed by atoms with E-state index in [0.717, 1.165) is 41.7 Å². The maximum absolute atomic E-state index is 13.1. The lowest BCUT2D eigenvalue weighted by Crippen LogP contribution is -2.56. The number of hydrogen-bond donors (Lipinski definition) is 4. The van der Waals surface area contributed by atoms with E-state index in [-0.39, 0.29) is 37.4 Å². The summed E-state index contributed by atoms with van der Waals surface area (Å²) < 4.78 is 5.15. The van der Waals surface area contributed by atoms with Gasteiger partial charge in [0.05, 0.1) is 6.61 Å². The summed E-state index contributed by atoms with van der Waals surface area (Å²) >= 11 is 0. The van der Waals surface area contributed by atoms with Gasteiger partial charge in [0, 0.05) is 18.7 Å². The van der Waals surface area contributed by atoms with E-state index in [1.807, 2.05) is 37.3 Å². The van der Waals surface area contributed by atoms with Crippen LogP contribution in [-0.2, 0) is 25.7 Å². The lowest BCUT2D eigenvalue weighted by Gasteiger charge is -2.37. The maximum Gasteiger partial charge on any atom is 0.535 e. The van der Waals surface area contributed by atoms with E-state index in [1.165, 1.54) is 0 Å². The molecule has 244 valence electrons. The van der Waals surface area contributed by atoms with E-state index >= 15 is 0 Å².